The van der Waals surface area contributed by atoms with Gasteiger partial charge in [0.2, 0.25) is 0 Å². The first-order valence-electron chi connectivity index (χ1n) is 6.36. The fraction of sp³-hybridized carbons (Fsp3) is 0.400. The SMILES string of the molecule is C=CC12COC(c3ccccc3)OC1C(O)[CH-]CO2.[U]. The zero-order chi connectivity index (χ0) is 13.3. The van der Waals surface area contributed by atoms with E-state index in [4.69, 9.17) is 14.2 Å². The maximum absolute atomic E-state index is 10.1. The van der Waals surface area contributed by atoms with E-state index in [1.54, 1.807) is 12.5 Å². The molecule has 2 aliphatic rings. The van der Waals surface area contributed by atoms with Crippen molar-refractivity contribution in [2.75, 3.05) is 13.2 Å². The molecule has 0 radical (unpaired) electrons. The van der Waals surface area contributed by atoms with Crippen LogP contribution in [0, 0.1) is 37.5 Å². The summed E-state index contributed by atoms with van der Waals surface area (Å²) >= 11 is 0. The van der Waals surface area contributed by atoms with Gasteiger partial charge in [0, 0.05) is 36.7 Å². The van der Waals surface area contributed by atoms with E-state index < -0.39 is 24.1 Å². The van der Waals surface area contributed by atoms with Gasteiger partial charge in [0.15, 0.2) is 6.29 Å². The number of fused-ring (bicyclic) bond motifs is 1. The molecule has 4 unspecified atom stereocenters. The van der Waals surface area contributed by atoms with Crippen LogP contribution in [0.1, 0.15) is 11.9 Å². The van der Waals surface area contributed by atoms with Crippen molar-refractivity contribution < 1.29 is 50.4 Å². The van der Waals surface area contributed by atoms with Gasteiger partial charge in [-0.1, -0.05) is 43.0 Å². The Morgan fingerprint density at radius 3 is 2.80 bits per heavy atom. The van der Waals surface area contributed by atoms with Gasteiger partial charge < -0.3 is 19.3 Å². The van der Waals surface area contributed by atoms with Gasteiger partial charge in [-0.25, -0.2) is 0 Å². The van der Waals surface area contributed by atoms with Gasteiger partial charge in [0.1, 0.15) is 5.60 Å². The molecule has 0 saturated carbocycles. The molecule has 0 aliphatic carbocycles. The van der Waals surface area contributed by atoms with Crippen molar-refractivity contribution in [1.82, 2.24) is 0 Å². The smallest absolute Gasteiger partial charge is 0.184 e. The molecule has 0 aromatic heterocycles. The first-order chi connectivity index (χ1) is 9.25. The quantitative estimate of drug-likeness (QED) is 0.497. The molecule has 0 spiro atoms. The predicted molar refractivity (Wildman–Crippen MR) is 69.2 cm³/mol. The number of hydrogen-bond acceptors (Lipinski definition) is 4. The van der Waals surface area contributed by atoms with Crippen LogP contribution in [-0.4, -0.2) is 36.1 Å². The topological polar surface area (TPSA) is 47.9 Å². The van der Waals surface area contributed by atoms with Crippen LogP contribution < -0.4 is 0 Å². The molecular weight excluding hydrogens is 482 g/mol. The fourth-order valence-electron chi connectivity index (χ4n) is 2.51. The molecule has 5 heteroatoms. The van der Waals surface area contributed by atoms with Crippen molar-refractivity contribution in [3.63, 3.8) is 0 Å². The second kappa shape index (κ2) is 6.74. The van der Waals surface area contributed by atoms with Crippen molar-refractivity contribution in [2.24, 2.45) is 0 Å². The molecular formula is C15H17O4U-. The summed E-state index contributed by atoms with van der Waals surface area (Å²) in [6, 6.07) is 9.66. The third-order valence-electron chi connectivity index (χ3n) is 3.63. The van der Waals surface area contributed by atoms with Gasteiger partial charge >= 0.3 is 0 Å². The van der Waals surface area contributed by atoms with Crippen LogP contribution in [0.4, 0.5) is 0 Å². The molecule has 0 amide bonds. The standard InChI is InChI=1S/C15H17O4.U/c1-2-15-10-17-14(11-6-4-3-5-7-11)19-13(15)12(16)8-9-18-15;/h2-8,12-14,16H,1,9-10H2;/q-1;. The van der Waals surface area contributed by atoms with Crippen LogP contribution in [0.3, 0.4) is 0 Å². The number of ether oxygens (including phenoxy) is 3. The van der Waals surface area contributed by atoms with Crippen LogP contribution >= 0.6 is 0 Å². The van der Waals surface area contributed by atoms with E-state index in [1.807, 2.05) is 30.3 Å². The third kappa shape index (κ3) is 2.89. The normalized spacial score (nSPS) is 36.5. The number of benzene rings is 1. The first-order valence-corrected chi connectivity index (χ1v) is 6.36. The Bertz CT molecular complexity index is 452. The van der Waals surface area contributed by atoms with Crippen molar-refractivity contribution >= 4 is 0 Å². The van der Waals surface area contributed by atoms with E-state index in [2.05, 4.69) is 6.58 Å². The molecule has 2 fully saturated rings. The maximum Gasteiger partial charge on any atom is 0.184 e. The number of rotatable bonds is 2. The maximum atomic E-state index is 10.1. The van der Waals surface area contributed by atoms with Gasteiger partial charge in [-0.3, -0.25) is 6.42 Å². The summed E-state index contributed by atoms with van der Waals surface area (Å²) in [6.07, 6.45) is 1.71. The fourth-order valence-corrected chi connectivity index (χ4v) is 2.51. The molecule has 1 aromatic carbocycles. The predicted octanol–water partition coefficient (Wildman–Crippen LogP) is 1.62. The second-order valence-electron chi connectivity index (χ2n) is 4.81. The van der Waals surface area contributed by atoms with E-state index in [-0.39, 0.29) is 31.1 Å². The number of aliphatic hydroxyl groups excluding tert-OH is 1. The molecule has 2 aliphatic heterocycles. The van der Waals surface area contributed by atoms with E-state index >= 15 is 0 Å². The van der Waals surface area contributed by atoms with Gasteiger partial charge in [0.25, 0.3) is 0 Å². The molecule has 4 atom stereocenters. The third-order valence-corrected chi connectivity index (χ3v) is 3.63. The van der Waals surface area contributed by atoms with E-state index in [9.17, 15) is 5.11 Å². The van der Waals surface area contributed by atoms with Crippen LogP contribution in [0.5, 0.6) is 0 Å². The van der Waals surface area contributed by atoms with E-state index in [0.717, 1.165) is 5.56 Å². The molecule has 1 N–H and O–H groups in total. The molecule has 1 aromatic rings. The Morgan fingerprint density at radius 2 is 2.10 bits per heavy atom. The zero-order valence-corrected chi connectivity index (χ0v) is 15.2. The van der Waals surface area contributed by atoms with Crippen LogP contribution in [0.2, 0.25) is 0 Å². The minimum atomic E-state index is -0.764. The molecule has 2 heterocycles. The molecule has 0 bridgehead atoms. The Hall–Kier alpha value is -0.148. The Kier molecular flexibility index (Phi) is 5.47. The van der Waals surface area contributed by atoms with E-state index in [0.29, 0.717) is 13.2 Å². The van der Waals surface area contributed by atoms with Gasteiger partial charge in [-0.2, -0.15) is 0 Å². The molecule has 4 nitrogen and oxygen atoms in total. The Labute approximate surface area is 142 Å². The number of hydrogen-bond donors (Lipinski definition) is 1. The Morgan fingerprint density at radius 1 is 1.35 bits per heavy atom. The van der Waals surface area contributed by atoms with E-state index in [1.165, 1.54) is 0 Å². The molecule has 106 valence electrons. The van der Waals surface area contributed by atoms with Crippen LogP contribution in [0.25, 0.3) is 0 Å². The van der Waals surface area contributed by atoms with Gasteiger partial charge in [-0.05, 0) is 6.10 Å². The summed E-state index contributed by atoms with van der Waals surface area (Å²) < 4.78 is 17.3. The summed E-state index contributed by atoms with van der Waals surface area (Å²) in [7, 11) is 0. The summed E-state index contributed by atoms with van der Waals surface area (Å²) in [5, 5.41) is 10.1. The molecule has 20 heavy (non-hydrogen) atoms. The minimum absolute atomic E-state index is 0. The van der Waals surface area contributed by atoms with Crippen LogP contribution in [0.15, 0.2) is 43.0 Å². The second-order valence-corrected chi connectivity index (χ2v) is 4.81. The van der Waals surface area contributed by atoms with Gasteiger partial charge in [0.05, 0.1) is 12.7 Å². The van der Waals surface area contributed by atoms with Crippen LogP contribution in [-0.2, 0) is 14.2 Å². The average molecular weight is 499 g/mol. The molecule has 3 rings (SSSR count). The summed E-state index contributed by atoms with van der Waals surface area (Å²) in [6.45, 7) is 4.47. The first kappa shape index (κ1) is 16.2. The molecule has 2 saturated heterocycles. The van der Waals surface area contributed by atoms with Crippen molar-refractivity contribution in [2.45, 2.75) is 24.1 Å². The van der Waals surface area contributed by atoms with Gasteiger partial charge in [-0.15, -0.1) is 6.58 Å². The zero-order valence-electron chi connectivity index (χ0n) is 11.1. The average Bonchev–Trinajstić information content (AvgIpc) is 2.48. The summed E-state index contributed by atoms with van der Waals surface area (Å²) in [5.74, 6) is 0. The van der Waals surface area contributed by atoms with Crippen molar-refractivity contribution in [3.05, 3.63) is 55.0 Å². The minimum Gasteiger partial charge on any atom is -0.422 e. The monoisotopic (exact) mass is 499 g/mol. The number of aliphatic hydroxyl groups is 1. The summed E-state index contributed by atoms with van der Waals surface area (Å²) in [5.41, 5.74) is 0.164. The van der Waals surface area contributed by atoms with Crippen molar-refractivity contribution in [3.8, 4) is 0 Å². The summed E-state index contributed by atoms with van der Waals surface area (Å²) in [4.78, 5) is 0. The Balaban J connectivity index is 0.00000147. The van der Waals surface area contributed by atoms with Crippen molar-refractivity contribution in [1.29, 1.82) is 0 Å². The largest absolute Gasteiger partial charge is 0.422 e.